The van der Waals surface area contributed by atoms with E-state index in [9.17, 15) is 4.79 Å². The molecular formula is C26H25N3O2. The van der Waals surface area contributed by atoms with Gasteiger partial charge in [-0.05, 0) is 36.8 Å². The fraction of sp³-hybridized carbons (Fsp3) is 0.231. The molecule has 1 amide bonds. The van der Waals surface area contributed by atoms with Gasteiger partial charge in [0.15, 0.2) is 0 Å². The van der Waals surface area contributed by atoms with Crippen LogP contribution in [-0.4, -0.2) is 29.1 Å². The number of para-hydroxylation sites is 4. The van der Waals surface area contributed by atoms with Gasteiger partial charge in [-0.1, -0.05) is 48.5 Å². The lowest BCUT2D eigenvalue weighted by Gasteiger charge is -2.19. The number of ether oxygens (including phenoxy) is 1. The van der Waals surface area contributed by atoms with Gasteiger partial charge in [-0.2, -0.15) is 0 Å². The van der Waals surface area contributed by atoms with E-state index in [0.29, 0.717) is 19.5 Å². The van der Waals surface area contributed by atoms with Gasteiger partial charge >= 0.3 is 0 Å². The minimum absolute atomic E-state index is 0.0363. The molecule has 0 N–H and O–H groups in total. The maximum absolute atomic E-state index is 13.0. The molecule has 156 valence electrons. The fourth-order valence-electron chi connectivity index (χ4n) is 4.56. The summed E-state index contributed by atoms with van der Waals surface area (Å²) in [7, 11) is 1.70. The predicted molar refractivity (Wildman–Crippen MR) is 123 cm³/mol. The number of imidazole rings is 1. The van der Waals surface area contributed by atoms with Crippen LogP contribution >= 0.6 is 0 Å². The number of rotatable bonds is 5. The highest BCUT2D eigenvalue weighted by molar-refractivity contribution is 5.97. The summed E-state index contributed by atoms with van der Waals surface area (Å²) in [5, 5.41) is 0. The molecule has 1 aliphatic heterocycles. The van der Waals surface area contributed by atoms with Gasteiger partial charge in [-0.3, -0.25) is 4.79 Å². The minimum Gasteiger partial charge on any atom is -0.496 e. The van der Waals surface area contributed by atoms with Crippen molar-refractivity contribution in [1.29, 1.82) is 0 Å². The van der Waals surface area contributed by atoms with Crippen LogP contribution in [0.2, 0.25) is 0 Å². The molecule has 1 saturated heterocycles. The van der Waals surface area contributed by atoms with E-state index < -0.39 is 0 Å². The molecule has 1 aliphatic rings. The van der Waals surface area contributed by atoms with Crippen LogP contribution in [0.15, 0.2) is 72.8 Å². The number of benzene rings is 3. The SMILES string of the molecule is COc1ccccc1Cn1c([C@H]2CC(=O)N(c3ccccc3C)C2)nc2ccccc21. The van der Waals surface area contributed by atoms with Crippen molar-refractivity contribution < 1.29 is 9.53 Å². The average Bonchev–Trinajstić information content (AvgIpc) is 3.35. The molecule has 0 unspecified atom stereocenters. The van der Waals surface area contributed by atoms with Gasteiger partial charge in [0.25, 0.3) is 0 Å². The lowest BCUT2D eigenvalue weighted by molar-refractivity contribution is -0.117. The smallest absolute Gasteiger partial charge is 0.227 e. The Morgan fingerprint density at radius 3 is 2.58 bits per heavy atom. The number of hydrogen-bond donors (Lipinski definition) is 0. The predicted octanol–water partition coefficient (Wildman–Crippen LogP) is 4.92. The molecule has 31 heavy (non-hydrogen) atoms. The molecule has 5 nitrogen and oxygen atoms in total. The first kappa shape index (κ1) is 19.4. The fourth-order valence-corrected chi connectivity index (χ4v) is 4.56. The Balaban J connectivity index is 1.55. The van der Waals surface area contributed by atoms with E-state index in [2.05, 4.69) is 16.7 Å². The lowest BCUT2D eigenvalue weighted by atomic mass is 10.1. The largest absolute Gasteiger partial charge is 0.496 e. The van der Waals surface area contributed by atoms with Gasteiger partial charge in [0.05, 0.1) is 24.7 Å². The number of methoxy groups -OCH3 is 1. The number of aryl methyl sites for hydroxylation is 1. The zero-order valence-corrected chi connectivity index (χ0v) is 17.8. The molecular weight excluding hydrogens is 386 g/mol. The van der Waals surface area contributed by atoms with Crippen molar-refractivity contribution in [2.24, 2.45) is 0 Å². The monoisotopic (exact) mass is 411 g/mol. The number of hydrogen-bond acceptors (Lipinski definition) is 3. The number of amides is 1. The van der Waals surface area contributed by atoms with Crippen LogP contribution in [0.4, 0.5) is 5.69 Å². The molecule has 1 atom stereocenters. The summed E-state index contributed by atoms with van der Waals surface area (Å²) in [6, 6.07) is 24.3. The number of fused-ring (bicyclic) bond motifs is 1. The van der Waals surface area contributed by atoms with Crippen molar-refractivity contribution in [3.05, 3.63) is 89.7 Å². The maximum atomic E-state index is 13.0. The summed E-state index contributed by atoms with van der Waals surface area (Å²) >= 11 is 0. The van der Waals surface area contributed by atoms with E-state index in [-0.39, 0.29) is 11.8 Å². The Bertz CT molecular complexity index is 1260. The second kappa shape index (κ2) is 7.91. The van der Waals surface area contributed by atoms with Crippen molar-refractivity contribution in [3.63, 3.8) is 0 Å². The summed E-state index contributed by atoms with van der Waals surface area (Å²) in [6.07, 6.45) is 0.462. The lowest BCUT2D eigenvalue weighted by Crippen LogP contribution is -2.25. The molecule has 5 heteroatoms. The van der Waals surface area contributed by atoms with Gasteiger partial charge in [-0.15, -0.1) is 0 Å². The van der Waals surface area contributed by atoms with E-state index in [0.717, 1.165) is 39.4 Å². The molecule has 2 heterocycles. The molecule has 5 rings (SSSR count). The van der Waals surface area contributed by atoms with Gasteiger partial charge < -0.3 is 14.2 Å². The van der Waals surface area contributed by atoms with E-state index in [4.69, 9.17) is 9.72 Å². The van der Waals surface area contributed by atoms with E-state index in [1.54, 1.807) is 7.11 Å². The third kappa shape index (κ3) is 3.46. The number of nitrogens with zero attached hydrogens (tertiary/aromatic N) is 3. The number of carbonyl (C=O) groups excluding carboxylic acids is 1. The number of carbonyl (C=O) groups is 1. The quantitative estimate of drug-likeness (QED) is 0.468. The van der Waals surface area contributed by atoms with Crippen LogP contribution in [0.3, 0.4) is 0 Å². The van der Waals surface area contributed by atoms with Crippen LogP contribution in [0, 0.1) is 6.92 Å². The molecule has 1 fully saturated rings. The normalized spacial score (nSPS) is 16.3. The summed E-state index contributed by atoms with van der Waals surface area (Å²) in [5.74, 6) is 2.00. The Labute approximate surface area is 181 Å². The molecule has 0 bridgehead atoms. The average molecular weight is 412 g/mol. The second-order valence-electron chi connectivity index (χ2n) is 8.05. The first-order valence-electron chi connectivity index (χ1n) is 10.6. The van der Waals surface area contributed by atoms with Gasteiger partial charge in [0.2, 0.25) is 5.91 Å². The maximum Gasteiger partial charge on any atom is 0.227 e. The highest BCUT2D eigenvalue weighted by Crippen LogP contribution is 2.35. The van der Waals surface area contributed by atoms with Crippen LogP contribution in [0.5, 0.6) is 5.75 Å². The third-order valence-corrected chi connectivity index (χ3v) is 6.10. The Kier molecular flexibility index (Phi) is 4.94. The van der Waals surface area contributed by atoms with E-state index in [1.165, 1.54) is 0 Å². The Morgan fingerprint density at radius 1 is 1.00 bits per heavy atom. The standard InChI is InChI=1S/C26H25N3O2/c1-18-9-3-6-12-22(18)28-17-20(15-25(28)30)26-27-21-11-5-7-13-23(21)29(26)16-19-10-4-8-14-24(19)31-2/h3-14,20H,15-17H2,1-2H3/t20-/m0/s1. The molecule has 3 aromatic carbocycles. The van der Waals surface area contributed by atoms with Crippen molar-refractivity contribution in [2.45, 2.75) is 25.8 Å². The zero-order chi connectivity index (χ0) is 21.4. The topological polar surface area (TPSA) is 47.4 Å². The van der Waals surface area contributed by atoms with Gasteiger partial charge in [0, 0.05) is 30.1 Å². The first-order chi connectivity index (χ1) is 15.2. The minimum atomic E-state index is 0.0363. The van der Waals surface area contributed by atoms with Crippen molar-refractivity contribution in [2.75, 3.05) is 18.6 Å². The van der Waals surface area contributed by atoms with Crippen molar-refractivity contribution in [1.82, 2.24) is 9.55 Å². The Morgan fingerprint density at radius 2 is 1.74 bits per heavy atom. The summed E-state index contributed by atoms with van der Waals surface area (Å²) < 4.78 is 7.82. The first-order valence-corrected chi connectivity index (χ1v) is 10.6. The van der Waals surface area contributed by atoms with Crippen LogP contribution < -0.4 is 9.64 Å². The molecule has 4 aromatic rings. The van der Waals surface area contributed by atoms with Crippen molar-refractivity contribution in [3.8, 4) is 5.75 Å². The second-order valence-corrected chi connectivity index (χ2v) is 8.05. The van der Waals surface area contributed by atoms with Crippen LogP contribution in [-0.2, 0) is 11.3 Å². The third-order valence-electron chi connectivity index (χ3n) is 6.10. The van der Waals surface area contributed by atoms with Crippen LogP contribution in [0.25, 0.3) is 11.0 Å². The van der Waals surface area contributed by atoms with Gasteiger partial charge in [0.1, 0.15) is 11.6 Å². The zero-order valence-electron chi connectivity index (χ0n) is 17.8. The molecule has 0 spiro atoms. The molecule has 0 radical (unpaired) electrons. The molecule has 1 aromatic heterocycles. The summed E-state index contributed by atoms with van der Waals surface area (Å²) in [5.41, 5.74) is 5.22. The highest BCUT2D eigenvalue weighted by atomic mass is 16.5. The number of anilines is 1. The number of aromatic nitrogens is 2. The highest BCUT2D eigenvalue weighted by Gasteiger charge is 2.35. The summed E-state index contributed by atoms with van der Waals surface area (Å²) in [6.45, 7) is 3.33. The van der Waals surface area contributed by atoms with E-state index >= 15 is 0 Å². The van der Waals surface area contributed by atoms with Gasteiger partial charge in [-0.25, -0.2) is 4.98 Å². The van der Waals surface area contributed by atoms with Crippen molar-refractivity contribution >= 4 is 22.6 Å². The van der Waals surface area contributed by atoms with Crippen LogP contribution in [0.1, 0.15) is 29.3 Å². The molecule has 0 aliphatic carbocycles. The van der Waals surface area contributed by atoms with E-state index in [1.807, 2.05) is 72.5 Å². The summed E-state index contributed by atoms with van der Waals surface area (Å²) in [4.78, 5) is 19.8. The Hall–Kier alpha value is -3.60. The molecule has 0 saturated carbocycles.